The standard InChI is InChI=1S/C22H22N2O9/c1-7(25)24-11-4-3-9-13(16(11)27)17(28)14-10(21(9,2)32)5-8-6-12(26)15(20(23)31)19(30)22(8,33)18(14)29/h3-4,8,10,14-15,27,32-33H,5-6H2,1-2H3,(H2,23,31)(H,24,25)/t8-,10-,14?,15?,21-,22-/m0/s1. The van der Waals surface area contributed by atoms with Crippen molar-refractivity contribution in [2.24, 2.45) is 29.4 Å². The van der Waals surface area contributed by atoms with Gasteiger partial charge in [0.05, 0.1) is 22.8 Å². The topological polar surface area (TPSA) is 201 Å². The molecule has 4 rings (SSSR count). The van der Waals surface area contributed by atoms with Gasteiger partial charge < -0.3 is 26.4 Å². The largest absolute Gasteiger partial charge is 0.505 e. The summed E-state index contributed by atoms with van der Waals surface area (Å²) in [5.41, 5.74) is -0.0981. The van der Waals surface area contributed by atoms with Gasteiger partial charge >= 0.3 is 0 Å². The van der Waals surface area contributed by atoms with E-state index in [1.807, 2.05) is 0 Å². The molecule has 2 amide bonds. The highest BCUT2D eigenvalue weighted by Gasteiger charge is 2.68. The second-order valence-corrected chi connectivity index (χ2v) is 9.09. The Bertz CT molecular complexity index is 1170. The average Bonchev–Trinajstić information content (AvgIpc) is 2.69. The summed E-state index contributed by atoms with van der Waals surface area (Å²) in [5, 5.41) is 35.5. The minimum absolute atomic E-state index is 0.00191. The molecular formula is C22H22N2O9. The van der Waals surface area contributed by atoms with Gasteiger partial charge in [0.25, 0.3) is 0 Å². The molecule has 6 atom stereocenters. The molecule has 0 bridgehead atoms. The molecule has 174 valence electrons. The number of aliphatic hydroxyl groups is 2. The minimum atomic E-state index is -2.82. The molecule has 3 aliphatic rings. The lowest BCUT2D eigenvalue weighted by molar-refractivity contribution is -0.182. The maximum absolute atomic E-state index is 13.5. The summed E-state index contributed by atoms with van der Waals surface area (Å²) in [6.45, 7) is 2.50. The molecule has 2 unspecified atom stereocenters. The van der Waals surface area contributed by atoms with Crippen molar-refractivity contribution in [2.75, 3.05) is 5.32 Å². The predicted octanol–water partition coefficient (Wildman–Crippen LogP) is -1.05. The third-order valence-electron chi connectivity index (χ3n) is 7.17. The van der Waals surface area contributed by atoms with E-state index in [1.165, 1.54) is 26.0 Å². The van der Waals surface area contributed by atoms with Gasteiger partial charge in [-0.1, -0.05) is 6.07 Å². The number of aromatic hydroxyl groups is 1. The summed E-state index contributed by atoms with van der Waals surface area (Å²) >= 11 is 0. The van der Waals surface area contributed by atoms with Crippen LogP contribution in [0.2, 0.25) is 0 Å². The molecule has 3 aliphatic carbocycles. The van der Waals surface area contributed by atoms with Gasteiger partial charge in [-0.05, 0) is 25.0 Å². The molecule has 1 aromatic carbocycles. The summed E-state index contributed by atoms with van der Waals surface area (Å²) in [6, 6.07) is 2.63. The van der Waals surface area contributed by atoms with E-state index in [0.717, 1.165) is 0 Å². The van der Waals surface area contributed by atoms with Crippen LogP contribution in [0.3, 0.4) is 0 Å². The van der Waals surface area contributed by atoms with Gasteiger partial charge in [-0.15, -0.1) is 0 Å². The Hall–Kier alpha value is -3.44. The molecule has 2 saturated carbocycles. The highest BCUT2D eigenvalue weighted by atomic mass is 16.3. The third-order valence-corrected chi connectivity index (χ3v) is 7.17. The lowest BCUT2D eigenvalue weighted by atomic mass is 9.51. The number of hydrogen-bond donors (Lipinski definition) is 5. The van der Waals surface area contributed by atoms with E-state index in [-0.39, 0.29) is 17.7 Å². The first-order valence-corrected chi connectivity index (χ1v) is 10.3. The summed E-state index contributed by atoms with van der Waals surface area (Å²) in [4.78, 5) is 75.3. The Morgan fingerprint density at radius 2 is 1.76 bits per heavy atom. The van der Waals surface area contributed by atoms with Gasteiger partial charge in [-0.2, -0.15) is 0 Å². The van der Waals surface area contributed by atoms with Crippen molar-refractivity contribution < 1.29 is 44.1 Å². The lowest BCUT2D eigenvalue weighted by Crippen LogP contribution is -2.69. The fourth-order valence-corrected chi connectivity index (χ4v) is 5.57. The van der Waals surface area contributed by atoms with E-state index in [2.05, 4.69) is 5.32 Å². The molecule has 11 nitrogen and oxygen atoms in total. The monoisotopic (exact) mass is 458 g/mol. The number of primary amides is 1. The van der Waals surface area contributed by atoms with E-state index < -0.39 is 87.6 Å². The normalized spacial score (nSPS) is 35.4. The van der Waals surface area contributed by atoms with Gasteiger partial charge in [-0.25, -0.2) is 0 Å². The number of nitrogens with two attached hydrogens (primary N) is 1. The number of carbonyl (C=O) groups is 6. The van der Waals surface area contributed by atoms with Crippen molar-refractivity contribution in [1.29, 1.82) is 0 Å². The molecule has 33 heavy (non-hydrogen) atoms. The average molecular weight is 458 g/mol. The Kier molecular flexibility index (Phi) is 4.84. The van der Waals surface area contributed by atoms with Gasteiger partial charge in [0.2, 0.25) is 11.8 Å². The molecule has 0 spiro atoms. The van der Waals surface area contributed by atoms with Crippen LogP contribution < -0.4 is 11.1 Å². The second kappa shape index (κ2) is 7.03. The van der Waals surface area contributed by atoms with Crippen molar-refractivity contribution in [1.82, 2.24) is 0 Å². The summed E-state index contributed by atoms with van der Waals surface area (Å²) in [6.07, 6.45) is -0.753. The lowest BCUT2D eigenvalue weighted by Gasteiger charge is -2.52. The first-order chi connectivity index (χ1) is 15.2. The van der Waals surface area contributed by atoms with Crippen molar-refractivity contribution in [3.63, 3.8) is 0 Å². The SMILES string of the molecule is CC(=O)Nc1ccc2c(c1O)C(=O)C1C(=O)[C@]3(O)C(=O)C(C(N)=O)C(=O)C[C@@H]3C[C@@H]1[C@@]2(C)O. The van der Waals surface area contributed by atoms with Crippen molar-refractivity contribution in [3.05, 3.63) is 23.3 Å². The van der Waals surface area contributed by atoms with Crippen LogP contribution in [0.4, 0.5) is 5.69 Å². The number of anilines is 1. The molecule has 0 aliphatic heterocycles. The van der Waals surface area contributed by atoms with Gasteiger partial charge in [0, 0.05) is 25.2 Å². The number of phenolic OH excluding ortho intramolecular Hbond substituents is 1. The predicted molar refractivity (Wildman–Crippen MR) is 109 cm³/mol. The number of Topliss-reactive ketones (excluding diaryl/α,β-unsaturated/α-hetero) is 4. The Morgan fingerprint density at radius 1 is 1.12 bits per heavy atom. The van der Waals surface area contributed by atoms with Crippen LogP contribution in [0.25, 0.3) is 0 Å². The number of rotatable bonds is 2. The van der Waals surface area contributed by atoms with Crippen LogP contribution >= 0.6 is 0 Å². The van der Waals surface area contributed by atoms with Crippen LogP contribution in [-0.2, 0) is 29.6 Å². The van der Waals surface area contributed by atoms with Crippen molar-refractivity contribution >= 4 is 40.6 Å². The third kappa shape index (κ3) is 2.89. The maximum atomic E-state index is 13.5. The highest BCUT2D eigenvalue weighted by molar-refractivity contribution is 6.31. The van der Waals surface area contributed by atoms with E-state index in [0.29, 0.717) is 0 Å². The molecule has 6 N–H and O–H groups in total. The Labute approximate surface area is 186 Å². The van der Waals surface area contributed by atoms with Crippen molar-refractivity contribution in [3.8, 4) is 5.75 Å². The zero-order valence-corrected chi connectivity index (χ0v) is 17.7. The molecule has 11 heteroatoms. The summed E-state index contributed by atoms with van der Waals surface area (Å²) in [5.74, 6) is -13.1. The zero-order valence-electron chi connectivity index (χ0n) is 17.7. The van der Waals surface area contributed by atoms with Crippen LogP contribution in [-0.4, -0.2) is 55.9 Å². The van der Waals surface area contributed by atoms with E-state index in [9.17, 15) is 44.1 Å². The van der Waals surface area contributed by atoms with E-state index >= 15 is 0 Å². The number of nitrogens with one attached hydrogen (secondary N) is 1. The number of phenols is 1. The van der Waals surface area contributed by atoms with Crippen molar-refractivity contribution in [2.45, 2.75) is 37.9 Å². The van der Waals surface area contributed by atoms with Crippen LogP contribution in [0, 0.1) is 23.7 Å². The molecule has 1 aromatic rings. The molecule has 0 saturated heterocycles. The van der Waals surface area contributed by atoms with E-state index in [1.54, 1.807) is 0 Å². The Balaban J connectivity index is 1.88. The molecule has 0 heterocycles. The smallest absolute Gasteiger partial charge is 0.235 e. The van der Waals surface area contributed by atoms with E-state index in [4.69, 9.17) is 5.73 Å². The first-order valence-electron chi connectivity index (χ1n) is 10.3. The van der Waals surface area contributed by atoms with Gasteiger partial charge in [0.1, 0.15) is 5.75 Å². The van der Waals surface area contributed by atoms with Crippen LogP contribution in [0.5, 0.6) is 5.75 Å². The Morgan fingerprint density at radius 3 is 2.33 bits per heavy atom. The fraction of sp³-hybridized carbons (Fsp3) is 0.455. The molecule has 2 fully saturated rings. The van der Waals surface area contributed by atoms with Crippen LogP contribution in [0.1, 0.15) is 42.6 Å². The number of fused-ring (bicyclic) bond motifs is 3. The van der Waals surface area contributed by atoms with Crippen LogP contribution in [0.15, 0.2) is 12.1 Å². The molecule has 0 radical (unpaired) electrons. The zero-order chi connectivity index (χ0) is 24.6. The number of hydrogen-bond acceptors (Lipinski definition) is 9. The summed E-state index contributed by atoms with van der Waals surface area (Å²) in [7, 11) is 0. The summed E-state index contributed by atoms with van der Waals surface area (Å²) < 4.78 is 0. The van der Waals surface area contributed by atoms with Gasteiger partial charge in [-0.3, -0.25) is 28.8 Å². The first kappa shape index (κ1) is 22.7. The number of carbonyl (C=O) groups excluding carboxylic acids is 6. The number of amides is 2. The molecular weight excluding hydrogens is 436 g/mol. The minimum Gasteiger partial charge on any atom is -0.505 e. The fourth-order valence-electron chi connectivity index (χ4n) is 5.57. The van der Waals surface area contributed by atoms with Gasteiger partial charge in [0.15, 0.2) is 34.7 Å². The quantitative estimate of drug-likeness (QED) is 0.271. The number of benzene rings is 1. The highest BCUT2D eigenvalue weighted by Crippen LogP contribution is 2.55. The second-order valence-electron chi connectivity index (χ2n) is 9.09. The maximum Gasteiger partial charge on any atom is 0.235 e. The number of ketones is 4. The molecule has 0 aromatic heterocycles.